The summed E-state index contributed by atoms with van der Waals surface area (Å²) in [4.78, 5) is 27.2. The zero-order valence-electron chi connectivity index (χ0n) is 19.6. The fraction of sp³-hybridized carbons (Fsp3) is 0.143. The third-order valence-electron chi connectivity index (χ3n) is 5.82. The van der Waals surface area contributed by atoms with Crippen LogP contribution in [0.5, 0.6) is 0 Å². The van der Waals surface area contributed by atoms with Crippen molar-refractivity contribution in [2.24, 2.45) is 0 Å². The lowest BCUT2D eigenvalue weighted by atomic mass is 10.0. The summed E-state index contributed by atoms with van der Waals surface area (Å²) in [6, 6.07) is 19.8. The fourth-order valence-corrected chi connectivity index (χ4v) is 4.80. The number of carbonyl (C=O) groups excluding carboxylic acids is 1. The van der Waals surface area contributed by atoms with E-state index in [0.717, 1.165) is 17.0 Å². The molecule has 196 valence electrons. The Bertz CT molecular complexity index is 1460. The second-order valence-corrected chi connectivity index (χ2v) is 9.74. The van der Waals surface area contributed by atoms with Gasteiger partial charge in [0.2, 0.25) is 0 Å². The first-order chi connectivity index (χ1) is 18.0. The third kappa shape index (κ3) is 6.46. The minimum Gasteiger partial charge on any atom is -0.480 e. The van der Waals surface area contributed by atoms with Crippen molar-refractivity contribution >= 4 is 39.4 Å². The van der Waals surface area contributed by atoms with Crippen molar-refractivity contribution in [1.82, 2.24) is 4.90 Å². The van der Waals surface area contributed by atoms with Crippen molar-refractivity contribution in [1.29, 1.82) is 0 Å². The van der Waals surface area contributed by atoms with Crippen molar-refractivity contribution < 1.29 is 32.3 Å². The number of carboxylic acid groups (broad SMARTS) is 1. The highest BCUT2D eigenvalue weighted by Crippen LogP contribution is 2.33. The fourth-order valence-electron chi connectivity index (χ4n) is 3.94. The average molecular weight is 607 g/mol. The third-order valence-corrected chi connectivity index (χ3v) is 6.71. The molecule has 1 atom stereocenters. The van der Waals surface area contributed by atoms with Crippen LogP contribution in [0.25, 0.3) is 11.3 Å². The van der Waals surface area contributed by atoms with Gasteiger partial charge in [0.15, 0.2) is 0 Å². The number of carbonyl (C=O) groups is 2. The Hall–Kier alpha value is -3.56. The lowest BCUT2D eigenvalue weighted by molar-refractivity contribution is -0.142. The van der Waals surface area contributed by atoms with E-state index >= 15 is 0 Å². The van der Waals surface area contributed by atoms with Gasteiger partial charge in [-0.3, -0.25) is 4.79 Å². The number of halogens is 5. The topological polar surface area (TPSA) is 70.8 Å². The molecule has 3 aromatic carbocycles. The summed E-state index contributed by atoms with van der Waals surface area (Å²) in [5, 5.41) is 10.5. The van der Waals surface area contributed by atoms with Gasteiger partial charge >= 0.3 is 12.1 Å². The number of hydrogen-bond donors (Lipinski definition) is 1. The molecule has 0 saturated heterocycles. The van der Waals surface area contributed by atoms with Crippen LogP contribution in [-0.4, -0.2) is 27.9 Å². The van der Waals surface area contributed by atoms with Gasteiger partial charge in [-0.05, 0) is 64.0 Å². The van der Waals surface area contributed by atoms with Gasteiger partial charge in [-0.1, -0.05) is 54.1 Å². The first-order valence-electron chi connectivity index (χ1n) is 11.3. The number of benzene rings is 3. The van der Waals surface area contributed by atoms with E-state index in [1.54, 1.807) is 30.3 Å². The summed E-state index contributed by atoms with van der Waals surface area (Å²) in [5.74, 6) is -1.46. The van der Waals surface area contributed by atoms with Gasteiger partial charge in [-0.2, -0.15) is 13.2 Å². The summed E-state index contributed by atoms with van der Waals surface area (Å²) >= 11 is 9.33. The van der Waals surface area contributed by atoms with Gasteiger partial charge in [-0.15, -0.1) is 0 Å². The average Bonchev–Trinajstić information content (AvgIpc) is 3.34. The van der Waals surface area contributed by atoms with E-state index in [1.807, 2.05) is 0 Å². The Morgan fingerprint density at radius 1 is 0.974 bits per heavy atom. The molecular formula is C28H20BrClF3NO4. The van der Waals surface area contributed by atoms with Crippen LogP contribution < -0.4 is 0 Å². The predicted molar refractivity (Wildman–Crippen MR) is 140 cm³/mol. The molecule has 0 unspecified atom stereocenters. The summed E-state index contributed by atoms with van der Waals surface area (Å²) in [6.07, 6.45) is -4.50. The molecule has 10 heteroatoms. The molecule has 4 aromatic rings. The first-order valence-corrected chi connectivity index (χ1v) is 12.5. The SMILES string of the molecule is O=C(O)[C@H](Cc1ccccc1)N(Cc1ccc(-c2cccc(C(F)(F)F)c2)o1)C(=O)c1ccc(Cl)cc1Br. The molecule has 0 fully saturated rings. The van der Waals surface area contributed by atoms with E-state index in [4.69, 9.17) is 16.0 Å². The minimum absolute atomic E-state index is 0.0221. The highest BCUT2D eigenvalue weighted by Gasteiger charge is 2.33. The van der Waals surface area contributed by atoms with Crippen LogP contribution in [-0.2, 0) is 23.9 Å². The predicted octanol–water partition coefficient (Wildman–Crippen LogP) is 7.72. The van der Waals surface area contributed by atoms with Crippen molar-refractivity contribution in [3.8, 4) is 11.3 Å². The molecule has 0 spiro atoms. The summed E-state index contributed by atoms with van der Waals surface area (Å²) in [7, 11) is 0. The minimum atomic E-state index is -4.52. The Balaban J connectivity index is 1.70. The maximum atomic E-state index is 13.7. The molecule has 1 aromatic heterocycles. The van der Waals surface area contributed by atoms with Crippen LogP contribution in [0.4, 0.5) is 13.2 Å². The second-order valence-electron chi connectivity index (χ2n) is 8.45. The van der Waals surface area contributed by atoms with E-state index in [0.29, 0.717) is 15.1 Å². The number of furan rings is 1. The monoisotopic (exact) mass is 605 g/mol. The largest absolute Gasteiger partial charge is 0.480 e. The molecular weight excluding hydrogens is 587 g/mol. The molecule has 0 aliphatic carbocycles. The van der Waals surface area contributed by atoms with Crippen molar-refractivity contribution in [3.05, 3.63) is 117 Å². The number of rotatable bonds is 8. The zero-order valence-corrected chi connectivity index (χ0v) is 21.9. The summed E-state index contributed by atoms with van der Waals surface area (Å²) < 4.78 is 45.7. The van der Waals surface area contributed by atoms with Crippen LogP contribution in [0.15, 0.2) is 93.8 Å². The maximum Gasteiger partial charge on any atom is 0.416 e. The van der Waals surface area contributed by atoms with E-state index in [1.165, 1.54) is 42.5 Å². The number of amides is 1. The lowest BCUT2D eigenvalue weighted by Crippen LogP contribution is -2.46. The number of nitrogens with zero attached hydrogens (tertiary/aromatic N) is 1. The molecule has 0 aliphatic rings. The molecule has 1 N–H and O–H groups in total. The highest BCUT2D eigenvalue weighted by atomic mass is 79.9. The van der Waals surface area contributed by atoms with E-state index in [2.05, 4.69) is 15.9 Å². The van der Waals surface area contributed by atoms with E-state index in [-0.39, 0.29) is 35.6 Å². The quantitative estimate of drug-likeness (QED) is 0.223. The van der Waals surface area contributed by atoms with Crippen molar-refractivity contribution in [3.63, 3.8) is 0 Å². The number of alkyl halides is 3. The van der Waals surface area contributed by atoms with Gasteiger partial charge in [0.25, 0.3) is 5.91 Å². The van der Waals surface area contributed by atoms with Gasteiger partial charge in [0.1, 0.15) is 17.6 Å². The molecule has 5 nitrogen and oxygen atoms in total. The van der Waals surface area contributed by atoms with E-state index < -0.39 is 29.7 Å². The van der Waals surface area contributed by atoms with Crippen LogP contribution in [0.1, 0.15) is 27.2 Å². The Morgan fingerprint density at radius 2 is 1.71 bits per heavy atom. The van der Waals surface area contributed by atoms with Crippen molar-refractivity contribution in [2.75, 3.05) is 0 Å². The Kier molecular flexibility index (Phi) is 8.28. The van der Waals surface area contributed by atoms with Gasteiger partial charge < -0.3 is 14.4 Å². The molecule has 0 radical (unpaired) electrons. The van der Waals surface area contributed by atoms with Crippen LogP contribution in [0.2, 0.25) is 5.02 Å². The number of aliphatic carboxylic acids is 1. The van der Waals surface area contributed by atoms with Crippen LogP contribution in [0, 0.1) is 0 Å². The molecule has 0 saturated carbocycles. The maximum absolute atomic E-state index is 13.7. The number of carboxylic acids is 1. The van der Waals surface area contributed by atoms with E-state index in [9.17, 15) is 27.9 Å². The van der Waals surface area contributed by atoms with Gasteiger partial charge in [0.05, 0.1) is 17.7 Å². The molecule has 38 heavy (non-hydrogen) atoms. The Morgan fingerprint density at radius 3 is 2.37 bits per heavy atom. The van der Waals surface area contributed by atoms with Gasteiger partial charge in [0, 0.05) is 21.5 Å². The Labute approximate surface area is 229 Å². The molecule has 4 rings (SSSR count). The van der Waals surface area contributed by atoms with Gasteiger partial charge in [-0.25, -0.2) is 4.79 Å². The van der Waals surface area contributed by atoms with Crippen LogP contribution >= 0.6 is 27.5 Å². The second kappa shape index (κ2) is 11.4. The standard InChI is InChI=1S/C28H20BrClF3NO4/c29-23-15-20(30)9-11-22(23)26(35)34(24(27(36)37)13-17-5-2-1-3-6-17)16-21-10-12-25(38-21)18-7-4-8-19(14-18)28(31,32)33/h1-12,14-15,24H,13,16H2,(H,36,37)/t24-/m0/s1. The molecule has 1 heterocycles. The molecule has 0 aliphatic heterocycles. The zero-order chi connectivity index (χ0) is 27.4. The summed E-state index contributed by atoms with van der Waals surface area (Å²) in [5.41, 5.74) is 0.268. The normalized spacial score (nSPS) is 12.2. The smallest absolute Gasteiger partial charge is 0.416 e. The molecule has 0 bridgehead atoms. The van der Waals surface area contributed by atoms with Crippen LogP contribution in [0.3, 0.4) is 0 Å². The number of hydrogen-bond acceptors (Lipinski definition) is 3. The highest BCUT2D eigenvalue weighted by molar-refractivity contribution is 9.10. The lowest BCUT2D eigenvalue weighted by Gasteiger charge is -2.29. The summed E-state index contributed by atoms with van der Waals surface area (Å²) in [6.45, 7) is -0.239. The first kappa shape index (κ1) is 27.5. The van der Waals surface area contributed by atoms with Crippen molar-refractivity contribution in [2.45, 2.75) is 25.2 Å². The molecule has 1 amide bonds.